The maximum Gasteiger partial charge on any atom is 0.407 e. The Bertz CT molecular complexity index is 527. The molecule has 0 heterocycles. The summed E-state index contributed by atoms with van der Waals surface area (Å²) in [6.07, 6.45) is -1.10. The molecular formula is C11H17N3O4S. The van der Waals surface area contributed by atoms with Crippen LogP contribution in [0.2, 0.25) is 0 Å². The van der Waals surface area contributed by atoms with Gasteiger partial charge in [0.25, 0.3) is 0 Å². The number of rotatable bonds is 6. The second-order valence-electron chi connectivity index (χ2n) is 4.10. The second kappa shape index (κ2) is 6.39. The number of nitrogens with two attached hydrogens (primary N) is 1. The molecule has 7 nitrogen and oxygen atoms in total. The largest absolute Gasteiger partial charge is 0.465 e. The van der Waals surface area contributed by atoms with Crippen molar-refractivity contribution < 1.29 is 18.3 Å². The molecule has 0 saturated carbocycles. The molecule has 1 aromatic carbocycles. The summed E-state index contributed by atoms with van der Waals surface area (Å²) >= 11 is 0. The lowest BCUT2D eigenvalue weighted by molar-refractivity contribution is 0.157. The third kappa shape index (κ3) is 5.58. The zero-order valence-electron chi connectivity index (χ0n) is 10.5. The molecule has 0 spiro atoms. The zero-order valence-corrected chi connectivity index (χ0v) is 11.4. The topological polar surface area (TPSA) is 113 Å². The van der Waals surface area contributed by atoms with E-state index in [0.717, 1.165) is 4.90 Å². The molecule has 0 saturated heterocycles. The van der Waals surface area contributed by atoms with Gasteiger partial charge in [0.2, 0.25) is 10.0 Å². The van der Waals surface area contributed by atoms with E-state index < -0.39 is 16.1 Å². The first-order chi connectivity index (χ1) is 8.80. The number of benzene rings is 1. The first-order valence-corrected chi connectivity index (χ1v) is 7.21. The summed E-state index contributed by atoms with van der Waals surface area (Å²) in [6.45, 7) is 0.135. The van der Waals surface area contributed by atoms with Crippen LogP contribution in [0, 0.1) is 0 Å². The van der Waals surface area contributed by atoms with Gasteiger partial charge >= 0.3 is 6.09 Å². The molecule has 0 radical (unpaired) electrons. The number of anilines is 1. The van der Waals surface area contributed by atoms with Crippen molar-refractivity contribution in [3.8, 4) is 0 Å². The Morgan fingerprint density at radius 1 is 1.37 bits per heavy atom. The van der Waals surface area contributed by atoms with E-state index in [-0.39, 0.29) is 18.8 Å². The van der Waals surface area contributed by atoms with Crippen molar-refractivity contribution in [2.45, 2.75) is 5.75 Å². The Kier molecular flexibility index (Phi) is 5.13. The maximum atomic E-state index is 11.7. The third-order valence-electron chi connectivity index (χ3n) is 2.43. The van der Waals surface area contributed by atoms with Crippen LogP contribution in [0.3, 0.4) is 0 Å². The molecule has 0 aliphatic rings. The lowest BCUT2D eigenvalue weighted by atomic mass is 10.2. The Morgan fingerprint density at radius 3 is 2.47 bits per heavy atom. The van der Waals surface area contributed by atoms with E-state index in [1.165, 1.54) is 7.05 Å². The monoisotopic (exact) mass is 287 g/mol. The van der Waals surface area contributed by atoms with Gasteiger partial charge in [-0.15, -0.1) is 0 Å². The molecule has 0 aromatic heterocycles. The van der Waals surface area contributed by atoms with Crippen LogP contribution in [0.4, 0.5) is 10.5 Å². The minimum atomic E-state index is -3.48. The van der Waals surface area contributed by atoms with Crippen LogP contribution in [-0.2, 0) is 15.8 Å². The zero-order chi connectivity index (χ0) is 14.5. The molecule has 0 bridgehead atoms. The number of hydrogen-bond donors (Lipinski definition) is 3. The van der Waals surface area contributed by atoms with Gasteiger partial charge in [0.1, 0.15) is 0 Å². The van der Waals surface area contributed by atoms with Gasteiger partial charge in [-0.25, -0.2) is 17.9 Å². The van der Waals surface area contributed by atoms with Crippen LogP contribution < -0.4 is 10.5 Å². The van der Waals surface area contributed by atoms with Crippen molar-refractivity contribution in [3.63, 3.8) is 0 Å². The SMILES string of the molecule is CN(CCNS(=O)(=O)Cc1ccc(N)cc1)C(=O)O. The first kappa shape index (κ1) is 15.3. The fourth-order valence-corrected chi connectivity index (χ4v) is 2.48. The van der Waals surface area contributed by atoms with Gasteiger partial charge < -0.3 is 15.7 Å². The Morgan fingerprint density at radius 2 is 1.95 bits per heavy atom. The molecule has 19 heavy (non-hydrogen) atoms. The summed E-state index contributed by atoms with van der Waals surface area (Å²) in [5.41, 5.74) is 6.69. The van der Waals surface area contributed by atoms with Crippen LogP contribution in [0.1, 0.15) is 5.56 Å². The highest BCUT2D eigenvalue weighted by molar-refractivity contribution is 7.88. The van der Waals surface area contributed by atoms with E-state index in [1.807, 2.05) is 0 Å². The van der Waals surface area contributed by atoms with E-state index in [2.05, 4.69) is 4.72 Å². The van der Waals surface area contributed by atoms with E-state index in [1.54, 1.807) is 24.3 Å². The van der Waals surface area contributed by atoms with Crippen molar-refractivity contribution >= 4 is 21.8 Å². The summed E-state index contributed by atoms with van der Waals surface area (Å²) < 4.78 is 25.8. The van der Waals surface area contributed by atoms with E-state index >= 15 is 0 Å². The first-order valence-electron chi connectivity index (χ1n) is 5.56. The summed E-state index contributed by atoms with van der Waals surface area (Å²) in [5.74, 6) is -0.163. The number of carboxylic acid groups (broad SMARTS) is 1. The average Bonchev–Trinajstić information content (AvgIpc) is 2.31. The van der Waals surface area contributed by atoms with Crippen LogP contribution in [0.15, 0.2) is 24.3 Å². The van der Waals surface area contributed by atoms with Gasteiger partial charge in [0.15, 0.2) is 0 Å². The Labute approximate surface area is 112 Å². The molecule has 4 N–H and O–H groups in total. The summed E-state index contributed by atoms with van der Waals surface area (Å²) in [5, 5.41) is 8.61. The van der Waals surface area contributed by atoms with Crippen LogP contribution in [0.25, 0.3) is 0 Å². The fraction of sp³-hybridized carbons (Fsp3) is 0.364. The van der Waals surface area contributed by atoms with Crippen LogP contribution in [-0.4, -0.2) is 44.7 Å². The quantitative estimate of drug-likeness (QED) is 0.651. The summed E-state index contributed by atoms with van der Waals surface area (Å²) in [6, 6.07) is 6.53. The average molecular weight is 287 g/mol. The minimum absolute atomic E-state index is 0.0418. The van der Waals surface area contributed by atoms with E-state index in [4.69, 9.17) is 10.8 Å². The molecule has 1 amide bonds. The van der Waals surface area contributed by atoms with Crippen molar-refractivity contribution in [1.29, 1.82) is 0 Å². The molecule has 106 valence electrons. The summed E-state index contributed by atoms with van der Waals surface area (Å²) in [7, 11) is -2.11. The normalized spacial score (nSPS) is 11.2. The highest BCUT2D eigenvalue weighted by Gasteiger charge is 2.12. The number of likely N-dealkylation sites (N-methyl/N-ethyl adjacent to an activating group) is 1. The van der Waals surface area contributed by atoms with Crippen molar-refractivity contribution in [2.75, 3.05) is 25.9 Å². The van der Waals surface area contributed by atoms with Gasteiger partial charge in [0, 0.05) is 25.8 Å². The number of carbonyl (C=O) groups is 1. The van der Waals surface area contributed by atoms with Crippen LogP contribution >= 0.6 is 0 Å². The van der Waals surface area contributed by atoms with Gasteiger partial charge in [-0.3, -0.25) is 0 Å². The molecule has 1 aromatic rings. The van der Waals surface area contributed by atoms with Crippen molar-refractivity contribution in [1.82, 2.24) is 9.62 Å². The van der Waals surface area contributed by atoms with Crippen molar-refractivity contribution in [2.24, 2.45) is 0 Å². The molecule has 0 unspecified atom stereocenters. The maximum absolute atomic E-state index is 11.7. The van der Waals surface area contributed by atoms with E-state index in [9.17, 15) is 13.2 Å². The Hall–Kier alpha value is -1.80. The van der Waals surface area contributed by atoms with Gasteiger partial charge in [-0.1, -0.05) is 12.1 Å². The standard InChI is InChI=1S/C11H17N3O4S/c1-14(11(15)16)7-6-13-19(17,18)8-9-2-4-10(12)5-3-9/h2-5,13H,6-8,12H2,1H3,(H,15,16). The molecule has 8 heteroatoms. The predicted octanol–water partition coefficient (Wildman–Crippen LogP) is 0.298. The van der Waals surface area contributed by atoms with Gasteiger partial charge in [-0.05, 0) is 17.7 Å². The molecule has 0 aliphatic carbocycles. The molecule has 0 atom stereocenters. The number of nitrogens with one attached hydrogen (secondary N) is 1. The Balaban J connectivity index is 2.48. The number of sulfonamides is 1. The molecule has 0 fully saturated rings. The predicted molar refractivity (Wildman–Crippen MR) is 72.1 cm³/mol. The van der Waals surface area contributed by atoms with Gasteiger partial charge in [0.05, 0.1) is 5.75 Å². The lowest BCUT2D eigenvalue weighted by Gasteiger charge is -2.13. The number of amides is 1. The highest BCUT2D eigenvalue weighted by atomic mass is 32.2. The lowest BCUT2D eigenvalue weighted by Crippen LogP contribution is -2.35. The van der Waals surface area contributed by atoms with E-state index in [0.29, 0.717) is 11.3 Å². The fourth-order valence-electron chi connectivity index (χ4n) is 1.35. The minimum Gasteiger partial charge on any atom is -0.465 e. The molecule has 1 rings (SSSR count). The molecular weight excluding hydrogens is 270 g/mol. The summed E-state index contributed by atoms with van der Waals surface area (Å²) in [4.78, 5) is 11.5. The highest BCUT2D eigenvalue weighted by Crippen LogP contribution is 2.08. The number of hydrogen-bond acceptors (Lipinski definition) is 4. The van der Waals surface area contributed by atoms with Crippen LogP contribution in [0.5, 0.6) is 0 Å². The number of nitrogen functional groups attached to an aromatic ring is 1. The van der Waals surface area contributed by atoms with Crippen molar-refractivity contribution in [3.05, 3.63) is 29.8 Å². The van der Waals surface area contributed by atoms with Gasteiger partial charge in [-0.2, -0.15) is 0 Å². The molecule has 0 aliphatic heterocycles. The third-order valence-corrected chi connectivity index (χ3v) is 3.79. The number of nitrogens with zero attached hydrogens (tertiary/aromatic N) is 1. The smallest absolute Gasteiger partial charge is 0.407 e. The second-order valence-corrected chi connectivity index (χ2v) is 5.91.